The highest BCUT2D eigenvalue weighted by molar-refractivity contribution is 7.91. The lowest BCUT2D eigenvalue weighted by molar-refractivity contribution is -0.115. The van der Waals surface area contributed by atoms with Gasteiger partial charge in [0.25, 0.3) is 0 Å². The second kappa shape index (κ2) is 8.24. The van der Waals surface area contributed by atoms with Crippen LogP contribution in [-0.4, -0.2) is 25.1 Å². The molecule has 2 aromatic carbocycles. The van der Waals surface area contributed by atoms with Crippen molar-refractivity contribution in [3.63, 3.8) is 0 Å². The fourth-order valence-electron chi connectivity index (χ4n) is 2.74. The summed E-state index contributed by atoms with van der Waals surface area (Å²) in [5.41, 5.74) is 5.06. The third-order valence-corrected chi connectivity index (χ3v) is 6.89. The SMILES string of the molecule is Cc1ccc(S(=O)(=O)CCC(=O)Nc2nc(-c3cc(C)ccc3C)cs2)cc1. The largest absolute Gasteiger partial charge is 0.302 e. The number of thiazole rings is 1. The number of carbonyl (C=O) groups excluding carboxylic acids is 1. The summed E-state index contributed by atoms with van der Waals surface area (Å²) in [6.07, 6.45) is -0.116. The number of rotatable bonds is 6. The predicted octanol–water partition coefficient (Wildman–Crippen LogP) is 4.54. The molecule has 0 unspecified atom stereocenters. The van der Waals surface area contributed by atoms with E-state index in [-0.39, 0.29) is 23.0 Å². The third kappa shape index (κ3) is 4.85. The Morgan fingerprint density at radius 1 is 1.04 bits per heavy atom. The molecule has 3 rings (SSSR count). The van der Waals surface area contributed by atoms with E-state index >= 15 is 0 Å². The molecule has 1 heterocycles. The quantitative estimate of drug-likeness (QED) is 0.643. The number of sulfone groups is 1. The number of benzene rings is 2. The number of anilines is 1. The Balaban J connectivity index is 1.63. The maximum atomic E-state index is 12.4. The standard InChI is InChI=1S/C21H22N2O3S2/c1-14-5-8-17(9-6-14)28(25,26)11-10-20(24)23-21-22-19(13-27-21)18-12-15(2)4-7-16(18)3/h4-9,12-13H,10-11H2,1-3H3,(H,22,23,24). The number of amides is 1. The zero-order valence-corrected chi connectivity index (χ0v) is 17.7. The average Bonchev–Trinajstić information content (AvgIpc) is 3.11. The highest BCUT2D eigenvalue weighted by Gasteiger charge is 2.17. The highest BCUT2D eigenvalue weighted by atomic mass is 32.2. The van der Waals surface area contributed by atoms with E-state index in [0.717, 1.165) is 27.9 Å². The van der Waals surface area contributed by atoms with E-state index in [1.165, 1.54) is 11.3 Å². The molecule has 1 N–H and O–H groups in total. The van der Waals surface area contributed by atoms with Crippen molar-refractivity contribution in [2.75, 3.05) is 11.1 Å². The molecule has 0 fully saturated rings. The lowest BCUT2D eigenvalue weighted by atomic mass is 10.0. The van der Waals surface area contributed by atoms with Crippen LogP contribution in [0, 0.1) is 20.8 Å². The number of nitrogens with one attached hydrogen (secondary N) is 1. The van der Waals surface area contributed by atoms with Crippen LogP contribution in [0.3, 0.4) is 0 Å². The zero-order valence-electron chi connectivity index (χ0n) is 16.0. The minimum Gasteiger partial charge on any atom is -0.302 e. The van der Waals surface area contributed by atoms with E-state index < -0.39 is 9.84 Å². The Morgan fingerprint density at radius 2 is 1.71 bits per heavy atom. The van der Waals surface area contributed by atoms with Crippen molar-refractivity contribution < 1.29 is 13.2 Å². The van der Waals surface area contributed by atoms with E-state index in [1.807, 2.05) is 38.3 Å². The molecule has 5 nitrogen and oxygen atoms in total. The summed E-state index contributed by atoms with van der Waals surface area (Å²) in [6.45, 7) is 5.93. The summed E-state index contributed by atoms with van der Waals surface area (Å²) in [5, 5.41) is 5.06. The molecule has 1 aromatic heterocycles. The smallest absolute Gasteiger partial charge is 0.227 e. The van der Waals surface area contributed by atoms with Gasteiger partial charge in [0, 0.05) is 17.4 Å². The molecule has 0 saturated heterocycles. The maximum Gasteiger partial charge on any atom is 0.227 e. The van der Waals surface area contributed by atoms with Gasteiger partial charge >= 0.3 is 0 Å². The summed E-state index contributed by atoms with van der Waals surface area (Å²) >= 11 is 1.33. The first-order valence-electron chi connectivity index (χ1n) is 8.87. The molecular weight excluding hydrogens is 392 g/mol. The number of hydrogen-bond donors (Lipinski definition) is 1. The van der Waals surface area contributed by atoms with Crippen LogP contribution < -0.4 is 5.32 Å². The van der Waals surface area contributed by atoms with Gasteiger partial charge in [-0.3, -0.25) is 4.79 Å². The van der Waals surface area contributed by atoms with Gasteiger partial charge in [-0.1, -0.05) is 35.4 Å². The molecule has 7 heteroatoms. The van der Waals surface area contributed by atoms with Crippen LogP contribution in [0.1, 0.15) is 23.1 Å². The number of hydrogen-bond acceptors (Lipinski definition) is 5. The maximum absolute atomic E-state index is 12.4. The number of aryl methyl sites for hydroxylation is 3. The van der Waals surface area contributed by atoms with Crippen molar-refractivity contribution in [1.82, 2.24) is 4.98 Å². The van der Waals surface area contributed by atoms with Gasteiger partial charge in [-0.05, 0) is 44.5 Å². The fraction of sp³-hybridized carbons (Fsp3) is 0.238. The molecule has 0 radical (unpaired) electrons. The number of aromatic nitrogens is 1. The van der Waals surface area contributed by atoms with Crippen molar-refractivity contribution >= 4 is 32.2 Å². The molecule has 28 heavy (non-hydrogen) atoms. The minimum absolute atomic E-state index is 0.116. The van der Waals surface area contributed by atoms with Gasteiger partial charge < -0.3 is 5.32 Å². The van der Waals surface area contributed by atoms with Crippen molar-refractivity contribution in [2.24, 2.45) is 0 Å². The molecule has 146 valence electrons. The minimum atomic E-state index is -3.49. The van der Waals surface area contributed by atoms with E-state index in [1.54, 1.807) is 24.3 Å². The van der Waals surface area contributed by atoms with E-state index in [4.69, 9.17) is 0 Å². The molecule has 0 saturated carbocycles. The summed E-state index contributed by atoms with van der Waals surface area (Å²) < 4.78 is 24.7. The summed E-state index contributed by atoms with van der Waals surface area (Å²) in [6, 6.07) is 12.8. The lowest BCUT2D eigenvalue weighted by Gasteiger charge is -2.05. The van der Waals surface area contributed by atoms with E-state index in [2.05, 4.69) is 16.4 Å². The van der Waals surface area contributed by atoms with Gasteiger partial charge in [0.15, 0.2) is 15.0 Å². The van der Waals surface area contributed by atoms with Crippen LogP contribution in [0.4, 0.5) is 5.13 Å². The monoisotopic (exact) mass is 414 g/mol. The summed E-state index contributed by atoms with van der Waals surface area (Å²) in [4.78, 5) is 16.9. The third-order valence-electron chi connectivity index (χ3n) is 4.40. The topological polar surface area (TPSA) is 76.1 Å². The van der Waals surface area contributed by atoms with Gasteiger partial charge in [0.05, 0.1) is 16.3 Å². The van der Waals surface area contributed by atoms with Gasteiger partial charge in [-0.25, -0.2) is 13.4 Å². The Hall–Kier alpha value is -2.51. The zero-order chi connectivity index (χ0) is 20.3. The molecule has 0 bridgehead atoms. The molecule has 0 spiro atoms. The molecule has 0 atom stereocenters. The van der Waals surface area contributed by atoms with Gasteiger partial charge in [-0.2, -0.15) is 0 Å². The van der Waals surface area contributed by atoms with Crippen molar-refractivity contribution in [1.29, 1.82) is 0 Å². The van der Waals surface area contributed by atoms with Crippen LogP contribution in [0.15, 0.2) is 52.7 Å². The molecule has 1 amide bonds. The van der Waals surface area contributed by atoms with E-state index in [0.29, 0.717) is 5.13 Å². The van der Waals surface area contributed by atoms with Crippen molar-refractivity contribution in [3.8, 4) is 11.3 Å². The van der Waals surface area contributed by atoms with Crippen LogP contribution in [0.2, 0.25) is 0 Å². The Morgan fingerprint density at radius 3 is 2.43 bits per heavy atom. The first-order valence-corrected chi connectivity index (χ1v) is 11.4. The van der Waals surface area contributed by atoms with Crippen LogP contribution >= 0.6 is 11.3 Å². The molecule has 0 aliphatic rings. The van der Waals surface area contributed by atoms with Crippen molar-refractivity contribution in [2.45, 2.75) is 32.1 Å². The van der Waals surface area contributed by atoms with Crippen molar-refractivity contribution in [3.05, 3.63) is 64.5 Å². The number of nitrogens with zero attached hydrogens (tertiary/aromatic N) is 1. The Bertz CT molecular complexity index is 1100. The first-order chi connectivity index (χ1) is 13.2. The average molecular weight is 415 g/mol. The lowest BCUT2D eigenvalue weighted by Crippen LogP contribution is -2.17. The van der Waals surface area contributed by atoms with Gasteiger partial charge in [0.1, 0.15) is 0 Å². The molecule has 0 aliphatic carbocycles. The predicted molar refractivity (Wildman–Crippen MR) is 114 cm³/mol. The Kier molecular flexibility index (Phi) is 5.96. The fourth-order valence-corrected chi connectivity index (χ4v) is 4.71. The Labute approximate surface area is 169 Å². The normalized spacial score (nSPS) is 11.4. The first kappa shape index (κ1) is 20.2. The van der Waals surface area contributed by atoms with Crippen LogP contribution in [-0.2, 0) is 14.6 Å². The second-order valence-electron chi connectivity index (χ2n) is 6.79. The summed E-state index contributed by atoms with van der Waals surface area (Å²) in [5.74, 6) is -0.602. The van der Waals surface area contributed by atoms with Gasteiger partial charge in [-0.15, -0.1) is 11.3 Å². The number of carbonyl (C=O) groups is 1. The van der Waals surface area contributed by atoms with E-state index in [9.17, 15) is 13.2 Å². The molecule has 3 aromatic rings. The van der Waals surface area contributed by atoms with Crippen LogP contribution in [0.25, 0.3) is 11.3 Å². The molecular formula is C21H22N2O3S2. The molecule has 0 aliphatic heterocycles. The van der Waals surface area contributed by atoms with Crippen LogP contribution in [0.5, 0.6) is 0 Å². The van der Waals surface area contributed by atoms with Gasteiger partial charge in [0.2, 0.25) is 5.91 Å². The highest BCUT2D eigenvalue weighted by Crippen LogP contribution is 2.28. The summed E-state index contributed by atoms with van der Waals surface area (Å²) in [7, 11) is -3.49. The second-order valence-corrected chi connectivity index (χ2v) is 9.75.